The van der Waals surface area contributed by atoms with Gasteiger partial charge in [-0.3, -0.25) is 4.79 Å². The van der Waals surface area contributed by atoms with Crippen LogP contribution in [0.2, 0.25) is 5.02 Å². The molecule has 0 radical (unpaired) electrons. The lowest BCUT2D eigenvalue weighted by molar-refractivity contribution is -0.115. The van der Waals surface area contributed by atoms with Gasteiger partial charge in [0.2, 0.25) is 5.91 Å². The predicted octanol–water partition coefficient (Wildman–Crippen LogP) is 3.22. The van der Waals surface area contributed by atoms with E-state index in [0.717, 1.165) is 27.9 Å². The molecule has 1 aliphatic rings. The average molecular weight is 288 g/mol. The Morgan fingerprint density at radius 3 is 2.85 bits per heavy atom. The van der Waals surface area contributed by atoms with Crippen molar-refractivity contribution >= 4 is 23.2 Å². The van der Waals surface area contributed by atoms with Crippen LogP contribution in [0.5, 0.6) is 0 Å². The fourth-order valence-electron chi connectivity index (χ4n) is 2.50. The molecule has 1 unspecified atom stereocenters. The number of amides is 1. The fraction of sp³-hybridized carbons (Fsp3) is 0.188. The minimum absolute atomic E-state index is 0.00873. The number of halogens is 1. The van der Waals surface area contributed by atoms with Crippen molar-refractivity contribution in [1.82, 2.24) is 0 Å². The SMILES string of the molecule is Cc1ccc(Cl)cc1C(O)c1ccc2c(c1)CC(=O)N2. The zero-order valence-corrected chi connectivity index (χ0v) is 11.7. The van der Waals surface area contributed by atoms with E-state index in [9.17, 15) is 9.90 Å². The average Bonchev–Trinajstić information content (AvgIpc) is 2.79. The standard InChI is InChI=1S/C16H14ClNO2/c1-9-2-4-12(17)8-13(9)16(20)10-3-5-14-11(6-10)7-15(19)18-14/h2-6,8,16,20H,7H2,1H3,(H,18,19). The minimum atomic E-state index is -0.741. The van der Waals surface area contributed by atoms with Gasteiger partial charge in [-0.05, 0) is 47.4 Å². The van der Waals surface area contributed by atoms with Crippen LogP contribution in [0, 0.1) is 6.92 Å². The summed E-state index contributed by atoms with van der Waals surface area (Å²) in [6.07, 6.45) is -0.376. The topological polar surface area (TPSA) is 49.3 Å². The number of carbonyl (C=O) groups is 1. The summed E-state index contributed by atoms with van der Waals surface area (Å²) in [4.78, 5) is 11.4. The highest BCUT2D eigenvalue weighted by atomic mass is 35.5. The summed E-state index contributed by atoms with van der Waals surface area (Å²) in [6, 6.07) is 11.0. The molecule has 1 amide bonds. The number of nitrogens with one attached hydrogen (secondary N) is 1. The summed E-state index contributed by atoms with van der Waals surface area (Å²) in [5, 5.41) is 13.9. The van der Waals surface area contributed by atoms with Gasteiger partial charge in [0.25, 0.3) is 0 Å². The summed E-state index contributed by atoms with van der Waals surface area (Å²) in [5.41, 5.74) is 4.29. The number of anilines is 1. The van der Waals surface area contributed by atoms with Gasteiger partial charge in [-0.15, -0.1) is 0 Å². The molecule has 2 aromatic carbocycles. The number of hydrogen-bond donors (Lipinski definition) is 2. The maximum atomic E-state index is 11.4. The minimum Gasteiger partial charge on any atom is -0.384 e. The maximum absolute atomic E-state index is 11.4. The first-order valence-corrected chi connectivity index (χ1v) is 6.79. The molecule has 3 nitrogen and oxygen atoms in total. The van der Waals surface area contributed by atoms with Crippen molar-refractivity contribution in [2.75, 3.05) is 5.32 Å². The van der Waals surface area contributed by atoms with Crippen molar-refractivity contribution < 1.29 is 9.90 Å². The smallest absolute Gasteiger partial charge is 0.228 e. The number of aliphatic hydroxyl groups is 1. The quantitative estimate of drug-likeness (QED) is 0.891. The third-order valence-corrected chi connectivity index (χ3v) is 3.84. The number of benzene rings is 2. The molecule has 2 N–H and O–H groups in total. The number of carbonyl (C=O) groups excluding carboxylic acids is 1. The molecule has 0 aromatic heterocycles. The molecule has 1 heterocycles. The molecule has 3 rings (SSSR count). The van der Waals surface area contributed by atoms with Crippen molar-refractivity contribution in [3.63, 3.8) is 0 Å². The summed E-state index contributed by atoms with van der Waals surface area (Å²) in [6.45, 7) is 1.94. The monoisotopic (exact) mass is 287 g/mol. The normalized spacial score (nSPS) is 14.8. The second-order valence-electron chi connectivity index (χ2n) is 5.04. The van der Waals surface area contributed by atoms with Gasteiger partial charge in [0, 0.05) is 10.7 Å². The first-order valence-electron chi connectivity index (χ1n) is 6.41. The summed E-state index contributed by atoms with van der Waals surface area (Å²) >= 11 is 6.00. The predicted molar refractivity (Wildman–Crippen MR) is 79.0 cm³/mol. The Morgan fingerprint density at radius 2 is 2.05 bits per heavy atom. The van der Waals surface area contributed by atoms with Gasteiger partial charge in [0.05, 0.1) is 6.42 Å². The zero-order valence-electron chi connectivity index (χ0n) is 11.0. The molecule has 0 saturated carbocycles. The Labute approximate surface area is 122 Å². The van der Waals surface area contributed by atoms with E-state index < -0.39 is 6.10 Å². The Bertz CT molecular complexity index is 697. The maximum Gasteiger partial charge on any atom is 0.228 e. The lowest BCUT2D eigenvalue weighted by Gasteiger charge is -2.15. The van der Waals surface area contributed by atoms with Gasteiger partial charge in [0.1, 0.15) is 6.10 Å². The Kier molecular flexibility index (Phi) is 3.24. The molecule has 2 aromatic rings. The number of aliphatic hydroxyl groups excluding tert-OH is 1. The third-order valence-electron chi connectivity index (χ3n) is 3.61. The highest BCUT2D eigenvalue weighted by molar-refractivity contribution is 6.30. The third kappa shape index (κ3) is 2.30. The van der Waals surface area contributed by atoms with Gasteiger partial charge in [-0.25, -0.2) is 0 Å². The summed E-state index contributed by atoms with van der Waals surface area (Å²) in [7, 11) is 0. The highest BCUT2D eigenvalue weighted by Crippen LogP contribution is 2.31. The lowest BCUT2D eigenvalue weighted by atomic mass is 9.96. The fourth-order valence-corrected chi connectivity index (χ4v) is 2.69. The van der Waals surface area contributed by atoms with E-state index in [1.807, 2.05) is 31.2 Å². The summed E-state index contributed by atoms with van der Waals surface area (Å²) < 4.78 is 0. The largest absolute Gasteiger partial charge is 0.384 e. The van der Waals surface area contributed by atoms with E-state index in [4.69, 9.17) is 11.6 Å². The Morgan fingerprint density at radius 1 is 1.25 bits per heavy atom. The number of fused-ring (bicyclic) bond motifs is 1. The van der Waals surface area contributed by atoms with Crippen LogP contribution >= 0.6 is 11.6 Å². The van der Waals surface area contributed by atoms with Gasteiger partial charge >= 0.3 is 0 Å². The van der Waals surface area contributed by atoms with Crippen molar-refractivity contribution in [3.05, 3.63) is 63.7 Å². The van der Waals surface area contributed by atoms with Crippen LogP contribution in [0.4, 0.5) is 5.69 Å². The van der Waals surface area contributed by atoms with Crippen LogP contribution < -0.4 is 5.32 Å². The Balaban J connectivity index is 1.99. The van der Waals surface area contributed by atoms with Crippen LogP contribution in [-0.2, 0) is 11.2 Å². The van der Waals surface area contributed by atoms with E-state index >= 15 is 0 Å². The molecule has 0 spiro atoms. The van der Waals surface area contributed by atoms with Gasteiger partial charge in [0.15, 0.2) is 0 Å². The Hall–Kier alpha value is -1.84. The first kappa shape index (κ1) is 13.2. The van der Waals surface area contributed by atoms with E-state index in [2.05, 4.69) is 5.32 Å². The second-order valence-corrected chi connectivity index (χ2v) is 5.48. The molecule has 4 heteroatoms. The molecule has 0 fully saturated rings. The molecule has 1 aliphatic heterocycles. The van der Waals surface area contributed by atoms with E-state index in [1.54, 1.807) is 12.1 Å². The molecule has 1 atom stereocenters. The van der Waals surface area contributed by atoms with Crippen molar-refractivity contribution in [1.29, 1.82) is 0 Å². The van der Waals surface area contributed by atoms with Crippen LogP contribution in [0.15, 0.2) is 36.4 Å². The number of rotatable bonds is 2. The van der Waals surface area contributed by atoms with Gasteiger partial charge in [-0.1, -0.05) is 29.8 Å². The zero-order chi connectivity index (χ0) is 14.3. The molecule has 20 heavy (non-hydrogen) atoms. The van der Waals surface area contributed by atoms with Gasteiger partial charge < -0.3 is 10.4 Å². The highest BCUT2D eigenvalue weighted by Gasteiger charge is 2.20. The number of aryl methyl sites for hydroxylation is 1. The molecule has 0 aliphatic carbocycles. The second kappa shape index (κ2) is 4.93. The van der Waals surface area contributed by atoms with Crippen LogP contribution in [0.25, 0.3) is 0 Å². The molecule has 0 bridgehead atoms. The first-order chi connectivity index (χ1) is 9.54. The van der Waals surface area contributed by atoms with Crippen molar-refractivity contribution in [2.45, 2.75) is 19.4 Å². The number of hydrogen-bond acceptors (Lipinski definition) is 2. The lowest BCUT2D eigenvalue weighted by Crippen LogP contribution is -2.03. The van der Waals surface area contributed by atoms with E-state index in [1.165, 1.54) is 0 Å². The van der Waals surface area contributed by atoms with Crippen LogP contribution in [0.1, 0.15) is 28.4 Å². The van der Waals surface area contributed by atoms with Crippen LogP contribution in [-0.4, -0.2) is 11.0 Å². The van der Waals surface area contributed by atoms with Gasteiger partial charge in [-0.2, -0.15) is 0 Å². The van der Waals surface area contributed by atoms with Crippen molar-refractivity contribution in [2.24, 2.45) is 0 Å². The summed E-state index contributed by atoms with van der Waals surface area (Å²) in [5.74, 6) is -0.00873. The van der Waals surface area contributed by atoms with E-state index in [0.29, 0.717) is 11.4 Å². The molecular weight excluding hydrogens is 274 g/mol. The molecule has 102 valence electrons. The van der Waals surface area contributed by atoms with E-state index in [-0.39, 0.29) is 5.91 Å². The molecule has 0 saturated heterocycles. The van der Waals surface area contributed by atoms with Crippen LogP contribution in [0.3, 0.4) is 0 Å². The van der Waals surface area contributed by atoms with Crippen molar-refractivity contribution in [3.8, 4) is 0 Å². The molecular formula is C16H14ClNO2.